The lowest BCUT2D eigenvalue weighted by Gasteiger charge is -2.13. The lowest BCUT2D eigenvalue weighted by molar-refractivity contribution is 0.0999. The number of hydrogen-bond acceptors (Lipinski definition) is 7. The number of primary amides is 1. The van der Waals surface area contributed by atoms with Crippen molar-refractivity contribution in [1.29, 1.82) is 0 Å². The van der Waals surface area contributed by atoms with E-state index in [4.69, 9.17) is 5.73 Å². The molecule has 0 spiro atoms. The smallest absolute Gasteiger partial charge is 0.255 e. The van der Waals surface area contributed by atoms with Crippen molar-refractivity contribution in [1.82, 2.24) is 15.0 Å². The van der Waals surface area contributed by atoms with Crippen LogP contribution >= 0.6 is 0 Å². The lowest BCUT2D eigenvalue weighted by Crippen LogP contribution is -2.15. The molecule has 2 aromatic carbocycles. The SMILES string of the molecule is CN(C)c1cc(C(=O)Nc2cccc(CNc3ncnc4c(C(N)=O)cccc34)c2)ccn1. The van der Waals surface area contributed by atoms with Crippen molar-refractivity contribution in [2.24, 2.45) is 5.73 Å². The number of carbonyl (C=O) groups excluding carboxylic acids is 2. The molecule has 33 heavy (non-hydrogen) atoms. The predicted molar refractivity (Wildman–Crippen MR) is 128 cm³/mol. The summed E-state index contributed by atoms with van der Waals surface area (Å²) in [5.41, 5.74) is 8.43. The van der Waals surface area contributed by atoms with Gasteiger partial charge in [0.2, 0.25) is 0 Å². The summed E-state index contributed by atoms with van der Waals surface area (Å²) in [6, 6.07) is 16.1. The molecule has 9 heteroatoms. The molecule has 4 N–H and O–H groups in total. The number of fused-ring (bicyclic) bond motifs is 1. The van der Waals surface area contributed by atoms with E-state index >= 15 is 0 Å². The van der Waals surface area contributed by atoms with E-state index in [1.54, 1.807) is 30.5 Å². The molecule has 166 valence electrons. The number of benzene rings is 2. The average molecular weight is 441 g/mol. The zero-order chi connectivity index (χ0) is 23.4. The number of carbonyl (C=O) groups is 2. The van der Waals surface area contributed by atoms with E-state index in [-0.39, 0.29) is 5.91 Å². The Morgan fingerprint density at radius 1 is 1.00 bits per heavy atom. The van der Waals surface area contributed by atoms with Crippen molar-refractivity contribution in [2.45, 2.75) is 6.54 Å². The van der Waals surface area contributed by atoms with Gasteiger partial charge in [0.05, 0.1) is 11.1 Å². The van der Waals surface area contributed by atoms with Gasteiger partial charge < -0.3 is 21.3 Å². The minimum absolute atomic E-state index is 0.216. The Morgan fingerprint density at radius 3 is 2.61 bits per heavy atom. The topological polar surface area (TPSA) is 126 Å². The van der Waals surface area contributed by atoms with Crippen LogP contribution in [0.5, 0.6) is 0 Å². The summed E-state index contributed by atoms with van der Waals surface area (Å²) in [6.45, 7) is 0.455. The first kappa shape index (κ1) is 21.7. The zero-order valence-electron chi connectivity index (χ0n) is 18.2. The molecule has 0 aliphatic carbocycles. The van der Waals surface area contributed by atoms with Crippen LogP contribution in [-0.4, -0.2) is 40.9 Å². The highest BCUT2D eigenvalue weighted by atomic mass is 16.2. The van der Waals surface area contributed by atoms with Gasteiger partial charge in [-0.1, -0.05) is 18.2 Å². The van der Waals surface area contributed by atoms with Crippen LogP contribution in [0.25, 0.3) is 10.9 Å². The van der Waals surface area contributed by atoms with Gasteiger partial charge in [-0.25, -0.2) is 15.0 Å². The van der Waals surface area contributed by atoms with Gasteiger partial charge in [-0.05, 0) is 42.0 Å². The third-order valence-corrected chi connectivity index (χ3v) is 5.04. The number of hydrogen-bond donors (Lipinski definition) is 3. The second kappa shape index (κ2) is 9.31. The van der Waals surface area contributed by atoms with Crippen molar-refractivity contribution in [3.8, 4) is 0 Å². The molecule has 2 aromatic heterocycles. The van der Waals surface area contributed by atoms with Gasteiger partial charge in [-0.2, -0.15) is 0 Å². The monoisotopic (exact) mass is 441 g/mol. The van der Waals surface area contributed by atoms with Crippen LogP contribution in [0.2, 0.25) is 0 Å². The molecular weight excluding hydrogens is 418 g/mol. The van der Waals surface area contributed by atoms with Crippen LogP contribution in [0.4, 0.5) is 17.3 Å². The van der Waals surface area contributed by atoms with E-state index in [1.165, 1.54) is 6.33 Å². The molecular formula is C24H23N7O2. The fourth-order valence-corrected chi connectivity index (χ4v) is 3.38. The van der Waals surface area contributed by atoms with E-state index in [9.17, 15) is 9.59 Å². The minimum atomic E-state index is -0.541. The second-order valence-corrected chi connectivity index (χ2v) is 7.59. The summed E-state index contributed by atoms with van der Waals surface area (Å²) in [5.74, 6) is 0.537. The molecule has 4 aromatic rings. The van der Waals surface area contributed by atoms with Crippen molar-refractivity contribution in [3.63, 3.8) is 0 Å². The summed E-state index contributed by atoms with van der Waals surface area (Å²) >= 11 is 0. The maximum Gasteiger partial charge on any atom is 0.255 e. The van der Waals surface area contributed by atoms with E-state index < -0.39 is 5.91 Å². The Balaban J connectivity index is 1.49. The normalized spacial score (nSPS) is 10.6. The number of nitrogens with one attached hydrogen (secondary N) is 2. The van der Waals surface area contributed by atoms with Crippen LogP contribution in [0, 0.1) is 0 Å². The van der Waals surface area contributed by atoms with E-state index in [0.717, 1.165) is 5.56 Å². The molecule has 0 unspecified atom stereocenters. The summed E-state index contributed by atoms with van der Waals surface area (Å²) in [4.78, 5) is 39.0. The molecule has 0 aliphatic rings. The molecule has 9 nitrogen and oxygen atoms in total. The van der Waals surface area contributed by atoms with Crippen molar-refractivity contribution >= 4 is 40.0 Å². The number of amides is 2. The molecule has 0 bridgehead atoms. The fourth-order valence-electron chi connectivity index (χ4n) is 3.38. The number of nitrogens with zero attached hydrogens (tertiary/aromatic N) is 4. The molecule has 0 aliphatic heterocycles. The van der Waals surface area contributed by atoms with Crippen molar-refractivity contribution in [3.05, 3.63) is 83.8 Å². The van der Waals surface area contributed by atoms with Crippen molar-refractivity contribution in [2.75, 3.05) is 29.6 Å². The van der Waals surface area contributed by atoms with Crippen LogP contribution in [0.3, 0.4) is 0 Å². The Labute approximate surface area is 190 Å². The molecule has 4 rings (SSSR count). The van der Waals surface area contributed by atoms with Gasteiger partial charge in [0.25, 0.3) is 11.8 Å². The molecule has 0 saturated carbocycles. The Morgan fingerprint density at radius 2 is 1.82 bits per heavy atom. The fraction of sp³-hybridized carbons (Fsp3) is 0.125. The van der Waals surface area contributed by atoms with Crippen LogP contribution in [0.1, 0.15) is 26.3 Å². The number of pyridine rings is 1. The highest BCUT2D eigenvalue weighted by molar-refractivity contribution is 6.07. The Hall–Kier alpha value is -4.53. The quantitative estimate of drug-likeness (QED) is 0.402. The molecule has 0 fully saturated rings. The molecule has 2 heterocycles. The first-order chi connectivity index (χ1) is 15.9. The van der Waals surface area contributed by atoms with Crippen LogP contribution in [0.15, 0.2) is 67.1 Å². The van der Waals surface area contributed by atoms with Gasteiger partial charge in [-0.3, -0.25) is 9.59 Å². The van der Waals surface area contributed by atoms with Gasteiger partial charge in [0, 0.05) is 43.5 Å². The Bertz CT molecular complexity index is 1340. The van der Waals surface area contributed by atoms with E-state index in [0.29, 0.717) is 45.9 Å². The third kappa shape index (κ3) is 4.87. The number of rotatable bonds is 7. The van der Waals surface area contributed by atoms with Gasteiger partial charge in [0.15, 0.2) is 0 Å². The van der Waals surface area contributed by atoms with Gasteiger partial charge in [0.1, 0.15) is 18.0 Å². The van der Waals surface area contributed by atoms with Crippen LogP contribution < -0.4 is 21.3 Å². The van der Waals surface area contributed by atoms with Crippen LogP contribution in [-0.2, 0) is 6.54 Å². The zero-order valence-corrected chi connectivity index (χ0v) is 18.2. The largest absolute Gasteiger partial charge is 0.366 e. The Kier molecular flexibility index (Phi) is 6.12. The highest BCUT2D eigenvalue weighted by Crippen LogP contribution is 2.23. The number of nitrogens with two attached hydrogens (primary N) is 1. The third-order valence-electron chi connectivity index (χ3n) is 5.04. The maximum atomic E-state index is 12.7. The standard InChI is InChI=1S/C24H23N7O2/c1-31(2)20-12-16(9-10-26-20)24(33)30-17-6-3-5-15(11-17)13-27-23-19-8-4-7-18(22(25)32)21(19)28-14-29-23/h3-12,14H,13H2,1-2H3,(H2,25,32)(H,30,33)(H,27,28,29). The number of anilines is 3. The summed E-state index contributed by atoms with van der Waals surface area (Å²) in [7, 11) is 3.74. The number of para-hydroxylation sites is 1. The van der Waals surface area contributed by atoms with E-state index in [2.05, 4.69) is 25.6 Å². The minimum Gasteiger partial charge on any atom is -0.366 e. The first-order valence-corrected chi connectivity index (χ1v) is 10.2. The molecule has 0 atom stereocenters. The summed E-state index contributed by atoms with van der Waals surface area (Å²) in [5, 5.41) is 6.90. The second-order valence-electron chi connectivity index (χ2n) is 7.59. The molecule has 0 saturated heterocycles. The number of aromatic nitrogens is 3. The summed E-state index contributed by atoms with van der Waals surface area (Å²) < 4.78 is 0. The predicted octanol–water partition coefficient (Wildman–Crippen LogP) is 3.05. The molecule has 0 radical (unpaired) electrons. The van der Waals surface area contributed by atoms with Gasteiger partial charge >= 0.3 is 0 Å². The average Bonchev–Trinajstić information content (AvgIpc) is 2.82. The molecule has 2 amide bonds. The van der Waals surface area contributed by atoms with Crippen molar-refractivity contribution < 1.29 is 9.59 Å². The first-order valence-electron chi connectivity index (χ1n) is 10.2. The lowest BCUT2D eigenvalue weighted by atomic mass is 10.1. The van der Waals surface area contributed by atoms with E-state index in [1.807, 2.05) is 49.3 Å². The highest BCUT2D eigenvalue weighted by Gasteiger charge is 2.12. The maximum absolute atomic E-state index is 12.7. The summed E-state index contributed by atoms with van der Waals surface area (Å²) in [6.07, 6.45) is 3.00. The van der Waals surface area contributed by atoms with Gasteiger partial charge in [-0.15, -0.1) is 0 Å².